The highest BCUT2D eigenvalue weighted by molar-refractivity contribution is 5.90. The van der Waals surface area contributed by atoms with Gasteiger partial charge in [-0.1, -0.05) is 0 Å². The summed E-state index contributed by atoms with van der Waals surface area (Å²) in [6.07, 6.45) is -2.57. The van der Waals surface area contributed by atoms with Crippen LogP contribution in [0.2, 0.25) is 0 Å². The van der Waals surface area contributed by atoms with Gasteiger partial charge in [0.25, 0.3) is 12.3 Å². The van der Waals surface area contributed by atoms with Gasteiger partial charge in [-0.3, -0.25) is 9.89 Å². The van der Waals surface area contributed by atoms with Crippen LogP contribution in [0.15, 0.2) is 0 Å². The minimum absolute atomic E-state index is 0.127. The smallest absolute Gasteiger partial charge is 0.291 e. The molecule has 0 aromatic carbocycles. The topological polar surface area (TPSA) is 70.7 Å². The van der Waals surface area contributed by atoms with Crippen molar-refractivity contribution in [3.05, 3.63) is 11.6 Å². The predicted molar refractivity (Wildman–Crippen MR) is 39.5 cm³/mol. The van der Waals surface area contributed by atoms with Gasteiger partial charge in [0.05, 0.1) is 6.54 Å². The normalized spacial score (nSPS) is 10.5. The van der Waals surface area contributed by atoms with E-state index in [0.717, 1.165) is 0 Å². The minimum atomic E-state index is -2.57. The molecular weight excluding hydrogens is 182 g/mol. The third-order valence-electron chi connectivity index (χ3n) is 1.22. The molecular formula is C6H8F2N4O. The third-order valence-corrected chi connectivity index (χ3v) is 1.22. The molecule has 7 heteroatoms. The summed E-state index contributed by atoms with van der Waals surface area (Å²) in [5.74, 6) is -0.370. The number of nitrogens with one attached hydrogen (secondary N) is 2. The first-order valence-corrected chi connectivity index (χ1v) is 3.55. The number of nitrogens with zero attached hydrogens (tertiary/aromatic N) is 2. The van der Waals surface area contributed by atoms with Crippen LogP contribution in [0.1, 0.15) is 16.4 Å². The molecule has 1 heterocycles. The molecule has 2 N–H and O–H groups in total. The second-order valence-electron chi connectivity index (χ2n) is 2.35. The zero-order valence-corrected chi connectivity index (χ0v) is 6.84. The highest BCUT2D eigenvalue weighted by atomic mass is 19.3. The van der Waals surface area contributed by atoms with Crippen molar-refractivity contribution in [3.8, 4) is 0 Å². The van der Waals surface area contributed by atoms with Gasteiger partial charge < -0.3 is 5.32 Å². The summed E-state index contributed by atoms with van der Waals surface area (Å²) in [7, 11) is 0. The summed E-state index contributed by atoms with van der Waals surface area (Å²) >= 11 is 0. The minimum Gasteiger partial charge on any atom is -0.344 e. The number of aryl methyl sites for hydroxylation is 1. The summed E-state index contributed by atoms with van der Waals surface area (Å²) in [4.78, 5) is 14.6. The van der Waals surface area contributed by atoms with Gasteiger partial charge in [-0.25, -0.2) is 13.8 Å². The maximum Gasteiger partial charge on any atom is 0.291 e. The second kappa shape index (κ2) is 3.92. The Hall–Kier alpha value is -1.53. The van der Waals surface area contributed by atoms with Gasteiger partial charge >= 0.3 is 0 Å². The number of carbonyl (C=O) groups is 1. The lowest BCUT2D eigenvalue weighted by Gasteiger charge is -1.99. The molecule has 72 valence electrons. The third kappa shape index (κ3) is 2.77. The predicted octanol–water partition coefficient (Wildman–Crippen LogP) is 0.108. The van der Waals surface area contributed by atoms with Crippen molar-refractivity contribution in [3.63, 3.8) is 0 Å². The van der Waals surface area contributed by atoms with Crippen LogP contribution in [-0.4, -0.2) is 34.1 Å². The molecule has 1 aromatic heterocycles. The molecule has 1 aromatic rings. The van der Waals surface area contributed by atoms with Crippen molar-refractivity contribution in [2.24, 2.45) is 0 Å². The monoisotopic (exact) mass is 190 g/mol. The molecule has 13 heavy (non-hydrogen) atoms. The molecule has 5 nitrogen and oxygen atoms in total. The summed E-state index contributed by atoms with van der Waals surface area (Å²) in [5, 5.41) is 7.91. The van der Waals surface area contributed by atoms with Gasteiger partial charge in [0.1, 0.15) is 5.82 Å². The van der Waals surface area contributed by atoms with Gasteiger partial charge in [0, 0.05) is 0 Å². The van der Waals surface area contributed by atoms with E-state index in [0.29, 0.717) is 5.82 Å². The SMILES string of the molecule is Cc1nc(C(=O)NCC(F)F)n[nH]1. The van der Waals surface area contributed by atoms with E-state index in [9.17, 15) is 13.6 Å². The molecule has 0 aliphatic carbocycles. The van der Waals surface area contributed by atoms with E-state index in [2.05, 4.69) is 15.2 Å². The Morgan fingerprint density at radius 1 is 1.69 bits per heavy atom. The van der Waals surface area contributed by atoms with Crippen LogP contribution in [0.25, 0.3) is 0 Å². The lowest BCUT2D eigenvalue weighted by Crippen LogP contribution is -2.29. The fraction of sp³-hybridized carbons (Fsp3) is 0.500. The van der Waals surface area contributed by atoms with Crippen LogP contribution in [0, 0.1) is 6.92 Å². The highest BCUT2D eigenvalue weighted by Crippen LogP contribution is 1.92. The highest BCUT2D eigenvalue weighted by Gasteiger charge is 2.12. The molecule has 0 atom stereocenters. The van der Waals surface area contributed by atoms with Crippen LogP contribution in [-0.2, 0) is 0 Å². The van der Waals surface area contributed by atoms with Crippen LogP contribution in [0.4, 0.5) is 8.78 Å². The van der Waals surface area contributed by atoms with E-state index >= 15 is 0 Å². The number of halogens is 2. The van der Waals surface area contributed by atoms with Crippen LogP contribution in [0.3, 0.4) is 0 Å². The quantitative estimate of drug-likeness (QED) is 0.710. The first-order valence-electron chi connectivity index (χ1n) is 3.55. The number of aromatic nitrogens is 3. The summed E-state index contributed by atoms with van der Waals surface area (Å²) in [6.45, 7) is 0.920. The van der Waals surface area contributed by atoms with Gasteiger partial charge in [-0.05, 0) is 6.92 Å². The Morgan fingerprint density at radius 3 is 2.85 bits per heavy atom. The fourth-order valence-corrected chi connectivity index (χ4v) is 0.693. The maximum atomic E-state index is 11.7. The Balaban J connectivity index is 2.49. The molecule has 0 bridgehead atoms. The number of alkyl halides is 2. The van der Waals surface area contributed by atoms with Gasteiger partial charge in [0.2, 0.25) is 5.82 Å². The van der Waals surface area contributed by atoms with Crippen molar-refractivity contribution in [2.45, 2.75) is 13.3 Å². The van der Waals surface area contributed by atoms with Crippen LogP contribution >= 0.6 is 0 Å². The second-order valence-corrected chi connectivity index (χ2v) is 2.35. The molecule has 0 aliphatic rings. The van der Waals surface area contributed by atoms with Crippen molar-refractivity contribution in [1.82, 2.24) is 20.5 Å². The molecule has 0 fully saturated rings. The number of carbonyl (C=O) groups excluding carboxylic acids is 1. The first-order chi connectivity index (χ1) is 6.09. The number of amides is 1. The lowest BCUT2D eigenvalue weighted by molar-refractivity contribution is 0.0882. The van der Waals surface area contributed by atoms with E-state index in [-0.39, 0.29) is 5.82 Å². The van der Waals surface area contributed by atoms with E-state index in [4.69, 9.17) is 0 Å². The first kappa shape index (κ1) is 9.56. The number of rotatable bonds is 3. The molecule has 0 radical (unpaired) electrons. The van der Waals surface area contributed by atoms with Crippen LogP contribution in [0.5, 0.6) is 0 Å². The van der Waals surface area contributed by atoms with Crippen molar-refractivity contribution in [2.75, 3.05) is 6.54 Å². The number of H-pyrrole nitrogens is 1. The molecule has 0 unspecified atom stereocenters. The summed E-state index contributed by atoms with van der Waals surface area (Å²) < 4.78 is 23.3. The Bertz CT molecular complexity index is 299. The van der Waals surface area contributed by atoms with E-state index < -0.39 is 18.9 Å². The Kier molecular flexibility index (Phi) is 2.88. The van der Waals surface area contributed by atoms with Gasteiger partial charge in [0.15, 0.2) is 0 Å². The zero-order valence-electron chi connectivity index (χ0n) is 6.84. The molecule has 0 saturated carbocycles. The van der Waals surface area contributed by atoms with Crippen molar-refractivity contribution in [1.29, 1.82) is 0 Å². The average molecular weight is 190 g/mol. The summed E-state index contributed by atoms with van der Waals surface area (Å²) in [6, 6.07) is 0. The lowest BCUT2D eigenvalue weighted by atomic mass is 10.5. The number of hydrogen-bond donors (Lipinski definition) is 2. The molecule has 0 spiro atoms. The molecule has 1 amide bonds. The molecule has 1 rings (SSSR count). The maximum absolute atomic E-state index is 11.7. The average Bonchev–Trinajstić information content (AvgIpc) is 2.47. The van der Waals surface area contributed by atoms with Gasteiger partial charge in [-0.2, -0.15) is 0 Å². The largest absolute Gasteiger partial charge is 0.344 e. The van der Waals surface area contributed by atoms with E-state index in [1.807, 2.05) is 5.32 Å². The summed E-state index contributed by atoms with van der Waals surface area (Å²) in [5.41, 5.74) is 0. The number of aromatic amines is 1. The fourth-order valence-electron chi connectivity index (χ4n) is 0.693. The molecule has 0 saturated heterocycles. The number of hydrogen-bond acceptors (Lipinski definition) is 3. The van der Waals surface area contributed by atoms with E-state index in [1.165, 1.54) is 0 Å². The van der Waals surface area contributed by atoms with Crippen LogP contribution < -0.4 is 5.32 Å². The van der Waals surface area contributed by atoms with Crippen molar-refractivity contribution >= 4 is 5.91 Å². The van der Waals surface area contributed by atoms with Crippen molar-refractivity contribution < 1.29 is 13.6 Å². The zero-order chi connectivity index (χ0) is 9.84. The Morgan fingerprint density at radius 2 is 2.38 bits per heavy atom. The van der Waals surface area contributed by atoms with E-state index in [1.54, 1.807) is 6.92 Å². The Labute approximate surface area is 72.6 Å². The standard InChI is InChI=1S/C6H8F2N4O/c1-3-10-5(12-11-3)6(13)9-2-4(7)8/h4H,2H2,1H3,(H,9,13)(H,10,11,12). The molecule has 0 aliphatic heterocycles. The van der Waals surface area contributed by atoms with Gasteiger partial charge in [-0.15, -0.1) is 5.10 Å².